The molecule has 5 nitrogen and oxygen atoms in total. The fourth-order valence-corrected chi connectivity index (χ4v) is 1.91. The summed E-state index contributed by atoms with van der Waals surface area (Å²) < 4.78 is 0. The predicted molar refractivity (Wildman–Crippen MR) is 59.9 cm³/mol. The molecular weight excluding hydrogens is 214 g/mol. The molecular formula is C9H15N3O2S. The highest BCUT2D eigenvalue weighted by molar-refractivity contribution is 7.17. The minimum atomic E-state index is -0.208. The van der Waals surface area contributed by atoms with Crippen LogP contribution in [0.25, 0.3) is 0 Å². The van der Waals surface area contributed by atoms with Gasteiger partial charge >= 0.3 is 0 Å². The molecule has 1 amide bonds. The van der Waals surface area contributed by atoms with Gasteiger partial charge in [-0.25, -0.2) is 4.98 Å². The topological polar surface area (TPSA) is 79.5 Å². The number of likely N-dealkylation sites (N-methyl/N-ethyl adjacent to an activating group) is 1. The molecule has 0 radical (unpaired) electrons. The van der Waals surface area contributed by atoms with Crippen LogP contribution in [0.4, 0.5) is 5.13 Å². The van der Waals surface area contributed by atoms with Crippen molar-refractivity contribution in [1.29, 1.82) is 0 Å². The number of nitrogens with two attached hydrogens (primary N) is 1. The summed E-state index contributed by atoms with van der Waals surface area (Å²) in [6.07, 6.45) is 0. The van der Waals surface area contributed by atoms with Crippen LogP contribution >= 0.6 is 11.3 Å². The summed E-state index contributed by atoms with van der Waals surface area (Å²) in [6, 6.07) is -0.208. The van der Waals surface area contributed by atoms with E-state index >= 15 is 0 Å². The van der Waals surface area contributed by atoms with Gasteiger partial charge in [0.15, 0.2) is 5.13 Å². The number of aryl methyl sites for hydroxylation is 1. The van der Waals surface area contributed by atoms with E-state index in [-0.39, 0.29) is 18.6 Å². The minimum Gasteiger partial charge on any atom is -0.394 e. The number of nitrogen functional groups attached to an aromatic ring is 1. The van der Waals surface area contributed by atoms with Crippen LogP contribution in [0, 0.1) is 6.92 Å². The van der Waals surface area contributed by atoms with Crippen molar-refractivity contribution >= 4 is 22.4 Å². The monoisotopic (exact) mass is 229 g/mol. The number of anilines is 1. The van der Waals surface area contributed by atoms with Crippen LogP contribution in [0.1, 0.15) is 22.3 Å². The number of hydrogen-bond donors (Lipinski definition) is 2. The van der Waals surface area contributed by atoms with Crippen molar-refractivity contribution in [2.45, 2.75) is 19.9 Å². The van der Waals surface area contributed by atoms with Gasteiger partial charge in [-0.05, 0) is 13.8 Å². The summed E-state index contributed by atoms with van der Waals surface area (Å²) >= 11 is 1.17. The first kappa shape index (κ1) is 11.9. The van der Waals surface area contributed by atoms with Crippen LogP contribution in [0.2, 0.25) is 0 Å². The second-order valence-corrected chi connectivity index (χ2v) is 4.44. The van der Waals surface area contributed by atoms with E-state index < -0.39 is 0 Å². The maximum Gasteiger partial charge on any atom is 0.265 e. The lowest BCUT2D eigenvalue weighted by atomic mass is 10.3. The van der Waals surface area contributed by atoms with E-state index in [0.29, 0.717) is 15.7 Å². The smallest absolute Gasteiger partial charge is 0.265 e. The van der Waals surface area contributed by atoms with E-state index in [1.165, 1.54) is 16.2 Å². The Morgan fingerprint density at radius 2 is 2.33 bits per heavy atom. The molecule has 0 aliphatic rings. The average Bonchev–Trinajstić information content (AvgIpc) is 2.54. The largest absolute Gasteiger partial charge is 0.394 e. The lowest BCUT2D eigenvalue weighted by Gasteiger charge is -2.22. The Kier molecular flexibility index (Phi) is 3.65. The van der Waals surface area contributed by atoms with Crippen molar-refractivity contribution in [3.8, 4) is 0 Å². The second-order valence-electron chi connectivity index (χ2n) is 3.41. The zero-order chi connectivity index (χ0) is 11.6. The van der Waals surface area contributed by atoms with Crippen molar-refractivity contribution in [1.82, 2.24) is 9.88 Å². The third kappa shape index (κ3) is 2.45. The maximum absolute atomic E-state index is 11.9. The SMILES string of the molecule is Cc1nc(N)sc1C(=O)N(C)C(C)CO. The minimum absolute atomic E-state index is 0.0599. The third-order valence-electron chi connectivity index (χ3n) is 2.25. The van der Waals surface area contributed by atoms with Gasteiger partial charge in [-0.3, -0.25) is 4.79 Å². The number of aliphatic hydroxyl groups excluding tert-OH is 1. The molecule has 0 saturated carbocycles. The van der Waals surface area contributed by atoms with Gasteiger partial charge in [0.1, 0.15) is 4.88 Å². The number of thiazole rings is 1. The lowest BCUT2D eigenvalue weighted by Crippen LogP contribution is -2.37. The van der Waals surface area contributed by atoms with Crippen molar-refractivity contribution in [3.63, 3.8) is 0 Å². The van der Waals surface area contributed by atoms with Gasteiger partial charge in [-0.1, -0.05) is 11.3 Å². The first-order chi connectivity index (χ1) is 6.97. The van der Waals surface area contributed by atoms with Gasteiger partial charge < -0.3 is 15.7 Å². The van der Waals surface area contributed by atoms with Gasteiger partial charge in [0, 0.05) is 7.05 Å². The van der Waals surface area contributed by atoms with Gasteiger partial charge in [-0.15, -0.1) is 0 Å². The van der Waals surface area contributed by atoms with Gasteiger partial charge in [0.2, 0.25) is 0 Å². The highest BCUT2D eigenvalue weighted by Gasteiger charge is 2.21. The van der Waals surface area contributed by atoms with Crippen LogP contribution in [0.15, 0.2) is 0 Å². The van der Waals surface area contributed by atoms with E-state index in [0.717, 1.165) is 0 Å². The van der Waals surface area contributed by atoms with Crippen LogP contribution in [0.5, 0.6) is 0 Å². The number of rotatable bonds is 3. The zero-order valence-corrected chi connectivity index (χ0v) is 9.84. The Labute approximate surface area is 92.5 Å². The van der Waals surface area contributed by atoms with E-state index in [9.17, 15) is 4.79 Å². The molecule has 1 atom stereocenters. The van der Waals surface area contributed by atoms with Gasteiger partial charge in [0.05, 0.1) is 18.3 Å². The number of amides is 1. The summed E-state index contributed by atoms with van der Waals surface area (Å²) in [5, 5.41) is 9.33. The van der Waals surface area contributed by atoms with Crippen molar-refractivity contribution in [3.05, 3.63) is 10.6 Å². The first-order valence-electron chi connectivity index (χ1n) is 4.58. The number of aromatic nitrogens is 1. The molecule has 84 valence electrons. The summed E-state index contributed by atoms with van der Waals surface area (Å²) in [5.74, 6) is -0.150. The van der Waals surface area contributed by atoms with Gasteiger partial charge in [0.25, 0.3) is 5.91 Å². The zero-order valence-electron chi connectivity index (χ0n) is 9.02. The van der Waals surface area contributed by atoms with Crippen LogP contribution in [-0.2, 0) is 0 Å². The van der Waals surface area contributed by atoms with E-state index in [2.05, 4.69) is 4.98 Å². The molecule has 6 heteroatoms. The fourth-order valence-electron chi connectivity index (χ4n) is 1.10. The normalized spacial score (nSPS) is 12.5. The third-order valence-corrected chi connectivity index (χ3v) is 3.23. The van der Waals surface area contributed by atoms with Crippen LogP contribution < -0.4 is 5.73 Å². The van der Waals surface area contributed by atoms with Crippen molar-refractivity contribution in [2.24, 2.45) is 0 Å². The number of nitrogens with zero attached hydrogens (tertiary/aromatic N) is 2. The Hall–Kier alpha value is -1.14. The molecule has 3 N–H and O–H groups in total. The molecule has 1 rings (SSSR count). The van der Waals surface area contributed by atoms with E-state index in [4.69, 9.17) is 10.8 Å². The lowest BCUT2D eigenvalue weighted by molar-refractivity contribution is 0.0686. The molecule has 0 fully saturated rings. The standard InChI is InChI=1S/C9H15N3O2S/c1-5(4-13)12(3)8(14)7-6(2)11-9(10)15-7/h5,13H,4H2,1-3H3,(H2,10,11). The number of carbonyl (C=O) groups excluding carboxylic acids is 1. The Balaban J connectivity index is 2.89. The first-order valence-corrected chi connectivity index (χ1v) is 5.40. The molecule has 0 aliphatic carbocycles. The highest BCUT2D eigenvalue weighted by atomic mass is 32.1. The number of aliphatic hydroxyl groups is 1. The molecule has 1 unspecified atom stereocenters. The summed E-state index contributed by atoms with van der Waals surface area (Å²) in [6.45, 7) is 3.46. The van der Waals surface area contributed by atoms with E-state index in [1.54, 1.807) is 20.9 Å². The average molecular weight is 229 g/mol. The molecule has 1 heterocycles. The molecule has 1 aromatic rings. The molecule has 0 saturated heterocycles. The Morgan fingerprint density at radius 1 is 1.73 bits per heavy atom. The van der Waals surface area contributed by atoms with Crippen LogP contribution in [0.3, 0.4) is 0 Å². The Morgan fingerprint density at radius 3 is 2.73 bits per heavy atom. The number of hydrogen-bond acceptors (Lipinski definition) is 5. The molecule has 15 heavy (non-hydrogen) atoms. The molecule has 0 spiro atoms. The quantitative estimate of drug-likeness (QED) is 0.790. The van der Waals surface area contributed by atoms with Crippen molar-refractivity contribution < 1.29 is 9.90 Å². The summed E-state index contributed by atoms with van der Waals surface area (Å²) in [4.78, 5) is 17.9. The predicted octanol–water partition coefficient (Wildman–Crippen LogP) is 0.487. The highest BCUT2D eigenvalue weighted by Crippen LogP contribution is 2.21. The second kappa shape index (κ2) is 4.59. The summed E-state index contributed by atoms with van der Waals surface area (Å²) in [7, 11) is 1.65. The molecule has 0 aliphatic heterocycles. The van der Waals surface area contributed by atoms with E-state index in [1.807, 2.05) is 0 Å². The fraction of sp³-hybridized carbons (Fsp3) is 0.556. The molecule has 1 aromatic heterocycles. The summed E-state index contributed by atoms with van der Waals surface area (Å²) in [5.41, 5.74) is 6.15. The van der Waals surface area contributed by atoms with Gasteiger partial charge in [-0.2, -0.15) is 0 Å². The van der Waals surface area contributed by atoms with Crippen molar-refractivity contribution in [2.75, 3.05) is 19.4 Å². The maximum atomic E-state index is 11.9. The molecule has 0 bridgehead atoms. The Bertz CT molecular complexity index is 364. The van der Waals surface area contributed by atoms with Crippen LogP contribution in [-0.4, -0.2) is 40.6 Å². The number of carbonyl (C=O) groups is 1. The molecule has 0 aromatic carbocycles.